The van der Waals surface area contributed by atoms with E-state index in [1.165, 1.54) is 0 Å². The van der Waals surface area contributed by atoms with E-state index < -0.39 is 11.9 Å². The molecule has 1 aromatic rings. The monoisotopic (exact) mass is 246 g/mol. The minimum absolute atomic E-state index is 0.331. The van der Waals surface area contributed by atoms with Gasteiger partial charge in [-0.1, -0.05) is 12.2 Å². The molecule has 1 aliphatic heterocycles. The molecule has 1 aromatic heterocycles. The Balaban J connectivity index is 2.26. The van der Waals surface area contributed by atoms with E-state index in [0.717, 1.165) is 17.1 Å². The Bertz CT molecular complexity index is 573. The van der Waals surface area contributed by atoms with Crippen LogP contribution in [0.3, 0.4) is 0 Å². The van der Waals surface area contributed by atoms with E-state index in [4.69, 9.17) is 4.42 Å². The quantitative estimate of drug-likeness (QED) is 0.457. The fourth-order valence-corrected chi connectivity index (χ4v) is 1.98. The Hall–Kier alpha value is -2.10. The highest BCUT2D eigenvalue weighted by atomic mass is 16.6. The summed E-state index contributed by atoms with van der Waals surface area (Å²) in [5.41, 5.74) is 1.67. The maximum absolute atomic E-state index is 11.5. The molecule has 0 spiro atoms. The lowest BCUT2D eigenvalue weighted by atomic mass is 10.0. The highest BCUT2D eigenvalue weighted by Crippen LogP contribution is 2.23. The van der Waals surface area contributed by atoms with Gasteiger partial charge in [0.25, 0.3) is 0 Å². The fourth-order valence-electron chi connectivity index (χ4n) is 1.98. The molecule has 2 heterocycles. The highest BCUT2D eigenvalue weighted by Gasteiger charge is 2.32. The van der Waals surface area contributed by atoms with Crippen LogP contribution < -0.4 is 0 Å². The lowest BCUT2D eigenvalue weighted by Crippen LogP contribution is -1.97. The first-order valence-corrected chi connectivity index (χ1v) is 5.72. The first-order chi connectivity index (χ1) is 8.52. The van der Waals surface area contributed by atoms with Crippen LogP contribution in [0.2, 0.25) is 0 Å². The number of allylic oxidation sites excluding steroid dienone is 2. The van der Waals surface area contributed by atoms with Crippen molar-refractivity contribution in [3.63, 3.8) is 0 Å². The second-order valence-electron chi connectivity index (χ2n) is 4.14. The van der Waals surface area contributed by atoms with E-state index in [2.05, 4.69) is 4.74 Å². The molecule has 4 heteroatoms. The SMILES string of the molecule is C/C=C1\C(=O)OC(=O)\C1=C\Cc1cc(C)oc1C. The van der Waals surface area contributed by atoms with Crippen LogP contribution in [0.5, 0.6) is 0 Å². The predicted octanol–water partition coefficient (Wildman–Crippen LogP) is 2.40. The number of ether oxygens (including phenoxy) is 1. The van der Waals surface area contributed by atoms with Gasteiger partial charge in [0, 0.05) is 0 Å². The molecule has 4 nitrogen and oxygen atoms in total. The van der Waals surface area contributed by atoms with Crippen LogP contribution >= 0.6 is 0 Å². The molecule has 2 rings (SSSR count). The second kappa shape index (κ2) is 4.64. The Morgan fingerprint density at radius 1 is 1.17 bits per heavy atom. The van der Waals surface area contributed by atoms with E-state index in [9.17, 15) is 9.59 Å². The molecule has 0 aliphatic carbocycles. The van der Waals surface area contributed by atoms with Crippen LogP contribution in [0, 0.1) is 13.8 Å². The van der Waals surface area contributed by atoms with Crippen molar-refractivity contribution in [1.82, 2.24) is 0 Å². The molecule has 0 saturated carbocycles. The fraction of sp³-hybridized carbons (Fsp3) is 0.286. The number of carbonyl (C=O) groups is 2. The zero-order chi connectivity index (χ0) is 13.3. The van der Waals surface area contributed by atoms with Crippen molar-refractivity contribution >= 4 is 11.9 Å². The summed E-state index contributed by atoms with van der Waals surface area (Å²) < 4.78 is 9.97. The molecule has 94 valence electrons. The zero-order valence-electron chi connectivity index (χ0n) is 10.6. The van der Waals surface area contributed by atoms with Crippen molar-refractivity contribution in [2.75, 3.05) is 0 Å². The van der Waals surface area contributed by atoms with Gasteiger partial charge in [0.05, 0.1) is 11.1 Å². The molecule has 0 unspecified atom stereocenters. The number of esters is 2. The van der Waals surface area contributed by atoms with Crippen molar-refractivity contribution in [1.29, 1.82) is 0 Å². The van der Waals surface area contributed by atoms with Gasteiger partial charge in [0.15, 0.2) is 0 Å². The average molecular weight is 246 g/mol. The molecule has 0 radical (unpaired) electrons. The van der Waals surface area contributed by atoms with E-state index in [-0.39, 0.29) is 0 Å². The lowest BCUT2D eigenvalue weighted by Gasteiger charge is -1.94. The minimum Gasteiger partial charge on any atom is -0.466 e. The summed E-state index contributed by atoms with van der Waals surface area (Å²) in [6, 6.07) is 1.92. The van der Waals surface area contributed by atoms with Crippen molar-refractivity contribution in [3.8, 4) is 0 Å². The molecular weight excluding hydrogens is 232 g/mol. The smallest absolute Gasteiger partial charge is 0.346 e. The summed E-state index contributed by atoms with van der Waals surface area (Å²) in [6.45, 7) is 5.44. The molecule has 0 bridgehead atoms. The van der Waals surface area contributed by atoms with Gasteiger partial charge in [-0.25, -0.2) is 9.59 Å². The van der Waals surface area contributed by atoms with E-state index in [0.29, 0.717) is 17.6 Å². The Kier molecular flexibility index (Phi) is 3.19. The standard InChI is InChI=1S/C14H14O4/c1-4-11-12(14(16)18-13(11)15)6-5-10-7-8(2)17-9(10)3/h4,6-7H,5H2,1-3H3/b11-4-,12-6+. The van der Waals surface area contributed by atoms with Crippen molar-refractivity contribution in [3.05, 3.63) is 46.4 Å². The van der Waals surface area contributed by atoms with Crippen LogP contribution in [0.15, 0.2) is 33.8 Å². The summed E-state index contributed by atoms with van der Waals surface area (Å²) in [4.78, 5) is 22.8. The molecule has 0 amide bonds. The average Bonchev–Trinajstić information content (AvgIpc) is 2.75. The first kappa shape index (κ1) is 12.4. The van der Waals surface area contributed by atoms with Crippen molar-refractivity contribution < 1.29 is 18.7 Å². The summed E-state index contributed by atoms with van der Waals surface area (Å²) in [7, 11) is 0. The van der Waals surface area contributed by atoms with E-state index in [1.807, 2.05) is 19.9 Å². The van der Waals surface area contributed by atoms with Crippen molar-refractivity contribution in [2.24, 2.45) is 0 Å². The third kappa shape index (κ3) is 2.14. The van der Waals surface area contributed by atoms with Gasteiger partial charge < -0.3 is 9.15 Å². The van der Waals surface area contributed by atoms with Crippen LogP contribution in [0.25, 0.3) is 0 Å². The number of cyclic esters (lactones) is 2. The van der Waals surface area contributed by atoms with Gasteiger partial charge in [-0.3, -0.25) is 0 Å². The van der Waals surface area contributed by atoms with E-state index in [1.54, 1.807) is 19.1 Å². The maximum Gasteiger partial charge on any atom is 0.346 e. The Morgan fingerprint density at radius 3 is 2.39 bits per heavy atom. The van der Waals surface area contributed by atoms with Crippen LogP contribution in [-0.4, -0.2) is 11.9 Å². The number of carbonyl (C=O) groups excluding carboxylic acids is 2. The van der Waals surface area contributed by atoms with Gasteiger partial charge in [0.1, 0.15) is 11.5 Å². The second-order valence-corrected chi connectivity index (χ2v) is 4.14. The Morgan fingerprint density at radius 2 is 1.83 bits per heavy atom. The van der Waals surface area contributed by atoms with Gasteiger partial charge in [-0.2, -0.15) is 0 Å². The van der Waals surface area contributed by atoms with Crippen LogP contribution in [-0.2, 0) is 20.7 Å². The molecule has 1 aliphatic rings. The third-order valence-electron chi connectivity index (χ3n) is 2.87. The molecule has 0 N–H and O–H groups in total. The summed E-state index contributed by atoms with van der Waals surface area (Å²) in [6.07, 6.45) is 3.84. The molecule has 1 fully saturated rings. The molecule has 0 aromatic carbocycles. The number of furan rings is 1. The van der Waals surface area contributed by atoms with E-state index >= 15 is 0 Å². The molecule has 0 atom stereocenters. The number of aryl methyl sites for hydroxylation is 2. The third-order valence-corrected chi connectivity index (χ3v) is 2.87. The Labute approximate surface area is 105 Å². The van der Waals surface area contributed by atoms with Gasteiger partial charge in [-0.05, 0) is 38.8 Å². The van der Waals surface area contributed by atoms with Crippen molar-refractivity contribution in [2.45, 2.75) is 27.2 Å². The summed E-state index contributed by atoms with van der Waals surface area (Å²) in [5.74, 6) is 0.501. The molecular formula is C14H14O4. The predicted molar refractivity (Wildman–Crippen MR) is 64.8 cm³/mol. The summed E-state index contributed by atoms with van der Waals surface area (Å²) >= 11 is 0. The largest absolute Gasteiger partial charge is 0.466 e. The number of hydrogen-bond acceptors (Lipinski definition) is 4. The number of rotatable bonds is 2. The maximum atomic E-state index is 11.5. The summed E-state index contributed by atoms with van der Waals surface area (Å²) in [5, 5.41) is 0. The molecule has 1 saturated heterocycles. The zero-order valence-corrected chi connectivity index (χ0v) is 10.6. The molecule has 18 heavy (non-hydrogen) atoms. The van der Waals surface area contributed by atoms with Gasteiger partial charge in [-0.15, -0.1) is 0 Å². The topological polar surface area (TPSA) is 56.5 Å². The van der Waals surface area contributed by atoms with Gasteiger partial charge >= 0.3 is 11.9 Å². The number of hydrogen-bond donors (Lipinski definition) is 0. The first-order valence-electron chi connectivity index (χ1n) is 5.72. The van der Waals surface area contributed by atoms with Gasteiger partial charge in [0.2, 0.25) is 0 Å². The highest BCUT2D eigenvalue weighted by molar-refractivity contribution is 6.18. The lowest BCUT2D eigenvalue weighted by molar-refractivity contribution is -0.149. The van der Waals surface area contributed by atoms with Crippen LogP contribution in [0.4, 0.5) is 0 Å². The minimum atomic E-state index is -0.578. The normalized spacial score (nSPS) is 19.9. The van der Waals surface area contributed by atoms with Crippen LogP contribution in [0.1, 0.15) is 24.0 Å².